The van der Waals surface area contributed by atoms with E-state index in [9.17, 15) is 18.0 Å². The summed E-state index contributed by atoms with van der Waals surface area (Å²) in [5, 5.41) is 4.96. The van der Waals surface area contributed by atoms with E-state index in [1.807, 2.05) is 54.6 Å². The lowest BCUT2D eigenvalue weighted by Gasteiger charge is -2.32. The monoisotopic (exact) mass is 597 g/mol. The fourth-order valence-corrected chi connectivity index (χ4v) is 6.12. The quantitative estimate of drug-likeness (QED) is 0.274. The minimum Gasteiger partial charge on any atom is -0.357 e. The van der Waals surface area contributed by atoms with Crippen molar-refractivity contribution in [2.75, 3.05) is 20.6 Å². The Kier molecular flexibility index (Phi) is 9.48. The van der Waals surface area contributed by atoms with Gasteiger partial charge in [0.1, 0.15) is 6.04 Å². The van der Waals surface area contributed by atoms with Gasteiger partial charge in [-0.2, -0.15) is 4.31 Å². The molecular weight excluding hydrogens is 569 g/mol. The number of nitrogens with zero attached hydrogens (tertiary/aromatic N) is 2. The number of benzene rings is 4. The van der Waals surface area contributed by atoms with Gasteiger partial charge in [-0.15, -0.1) is 0 Å². The van der Waals surface area contributed by atoms with Gasteiger partial charge in [0, 0.05) is 42.7 Å². The molecule has 7 nitrogen and oxygen atoms in total. The molecule has 0 aliphatic carbocycles. The predicted octanol–water partition coefficient (Wildman–Crippen LogP) is 5.15. The molecule has 0 aliphatic heterocycles. The number of amides is 2. The van der Waals surface area contributed by atoms with Crippen molar-refractivity contribution in [3.63, 3.8) is 0 Å². The van der Waals surface area contributed by atoms with Crippen LogP contribution in [0.2, 0.25) is 10.0 Å². The molecule has 4 rings (SSSR count). The molecule has 4 aromatic rings. The average Bonchev–Trinajstić information content (AvgIpc) is 2.95. The summed E-state index contributed by atoms with van der Waals surface area (Å²) in [6, 6.07) is 25.5. The number of carbonyl (C=O) groups is 2. The van der Waals surface area contributed by atoms with Gasteiger partial charge in [-0.3, -0.25) is 9.59 Å². The van der Waals surface area contributed by atoms with Crippen molar-refractivity contribution in [2.24, 2.45) is 0 Å². The molecule has 0 aromatic heterocycles. The van der Waals surface area contributed by atoms with Crippen molar-refractivity contribution in [3.05, 3.63) is 112 Å². The summed E-state index contributed by atoms with van der Waals surface area (Å²) in [6.45, 7) is -0.592. The number of halogens is 2. The van der Waals surface area contributed by atoms with E-state index < -0.39 is 34.4 Å². The lowest BCUT2D eigenvalue weighted by molar-refractivity contribution is -0.141. The van der Waals surface area contributed by atoms with E-state index in [2.05, 4.69) is 5.32 Å². The second-order valence-electron chi connectivity index (χ2n) is 9.31. The number of likely N-dealkylation sites (N-methyl/N-ethyl adjacent to an activating group) is 2. The smallest absolute Gasteiger partial charge is 0.243 e. The van der Waals surface area contributed by atoms with Gasteiger partial charge >= 0.3 is 0 Å². The third-order valence-corrected chi connectivity index (χ3v) is 9.20. The second kappa shape index (κ2) is 12.8. The van der Waals surface area contributed by atoms with Crippen LogP contribution in [0.15, 0.2) is 95.9 Å². The first-order valence-electron chi connectivity index (χ1n) is 12.5. The van der Waals surface area contributed by atoms with Crippen molar-refractivity contribution in [2.45, 2.75) is 23.9 Å². The van der Waals surface area contributed by atoms with Gasteiger partial charge in [0.25, 0.3) is 0 Å². The van der Waals surface area contributed by atoms with Crippen molar-refractivity contribution >= 4 is 55.8 Å². The van der Waals surface area contributed by atoms with Crippen LogP contribution in [0.5, 0.6) is 0 Å². The van der Waals surface area contributed by atoms with Crippen LogP contribution >= 0.6 is 23.2 Å². The number of carbonyl (C=O) groups excluding carboxylic acids is 2. The molecule has 40 heavy (non-hydrogen) atoms. The predicted molar refractivity (Wildman–Crippen MR) is 159 cm³/mol. The molecular formula is C30H29Cl2N3O4S. The Balaban J connectivity index is 1.68. The Hall–Kier alpha value is -3.43. The van der Waals surface area contributed by atoms with E-state index in [0.29, 0.717) is 15.6 Å². The fourth-order valence-electron chi connectivity index (χ4n) is 4.45. The molecule has 0 spiro atoms. The van der Waals surface area contributed by atoms with Crippen LogP contribution in [-0.4, -0.2) is 56.1 Å². The lowest BCUT2D eigenvalue weighted by atomic mass is 10.0. The fraction of sp³-hybridized carbons (Fsp3) is 0.200. The molecule has 10 heteroatoms. The van der Waals surface area contributed by atoms with Gasteiger partial charge in [-0.1, -0.05) is 89.9 Å². The van der Waals surface area contributed by atoms with E-state index in [0.717, 1.165) is 20.6 Å². The summed E-state index contributed by atoms with van der Waals surface area (Å²) in [6.07, 6.45) is 0.204. The van der Waals surface area contributed by atoms with Crippen LogP contribution in [0, 0.1) is 0 Å². The highest BCUT2D eigenvalue weighted by molar-refractivity contribution is 7.89. The maximum absolute atomic E-state index is 13.9. The zero-order valence-electron chi connectivity index (χ0n) is 22.1. The third kappa shape index (κ3) is 6.64. The Morgan fingerprint density at radius 1 is 0.850 bits per heavy atom. The molecule has 0 bridgehead atoms. The van der Waals surface area contributed by atoms with E-state index in [4.69, 9.17) is 23.2 Å². The highest BCUT2D eigenvalue weighted by Gasteiger charge is 2.33. The zero-order valence-corrected chi connectivity index (χ0v) is 24.4. The second-order valence-corrected chi connectivity index (χ2v) is 12.2. The first-order valence-corrected chi connectivity index (χ1v) is 14.7. The van der Waals surface area contributed by atoms with E-state index >= 15 is 0 Å². The molecule has 0 fully saturated rings. The zero-order chi connectivity index (χ0) is 28.9. The van der Waals surface area contributed by atoms with Crippen LogP contribution in [0.4, 0.5) is 0 Å². The maximum atomic E-state index is 13.9. The Labute approximate surface area is 244 Å². The number of rotatable bonds is 10. The van der Waals surface area contributed by atoms with Crippen LogP contribution in [0.25, 0.3) is 10.8 Å². The Morgan fingerprint density at radius 2 is 1.48 bits per heavy atom. The molecule has 208 valence electrons. The van der Waals surface area contributed by atoms with Gasteiger partial charge in [0.2, 0.25) is 21.8 Å². The Morgan fingerprint density at radius 3 is 2.12 bits per heavy atom. The average molecular weight is 599 g/mol. The molecule has 2 amide bonds. The van der Waals surface area contributed by atoms with E-state index in [1.54, 1.807) is 30.3 Å². The van der Waals surface area contributed by atoms with Gasteiger partial charge in [0.15, 0.2) is 0 Å². The highest BCUT2D eigenvalue weighted by atomic mass is 35.5. The number of hydrogen-bond donors (Lipinski definition) is 1. The SMILES string of the molecule is CNC(=O)[C@@H](Cc1ccccc1)N(Cc1c(Cl)cccc1Cl)C(=O)CN(C)S(=O)(=O)c1ccc2ccccc2c1. The van der Waals surface area contributed by atoms with Gasteiger partial charge < -0.3 is 10.2 Å². The third-order valence-electron chi connectivity index (χ3n) is 6.69. The standard InChI is InChI=1S/C30H29Cl2N3O4S/c1-33-30(37)28(17-21-9-4-3-5-10-21)35(19-25-26(31)13-8-14-27(25)32)29(36)20-34(2)40(38,39)24-16-15-22-11-6-7-12-23(22)18-24/h3-16,18,28H,17,19-20H2,1-2H3,(H,33,37)/t28-/m1/s1. The van der Waals surface area contributed by atoms with Crippen LogP contribution in [-0.2, 0) is 32.6 Å². The first-order chi connectivity index (χ1) is 19.1. The molecule has 1 atom stereocenters. The van der Waals surface area contributed by atoms with Crippen LogP contribution < -0.4 is 5.32 Å². The molecule has 0 heterocycles. The molecule has 0 saturated heterocycles. The minimum absolute atomic E-state index is 0.0642. The highest BCUT2D eigenvalue weighted by Crippen LogP contribution is 2.28. The largest absolute Gasteiger partial charge is 0.357 e. The summed E-state index contributed by atoms with van der Waals surface area (Å²) in [5.41, 5.74) is 1.29. The molecule has 0 unspecified atom stereocenters. The molecule has 0 aliphatic rings. The summed E-state index contributed by atoms with van der Waals surface area (Å²) in [4.78, 5) is 28.4. The van der Waals surface area contributed by atoms with Crippen molar-refractivity contribution < 1.29 is 18.0 Å². The normalized spacial score (nSPS) is 12.3. The van der Waals surface area contributed by atoms with Crippen molar-refractivity contribution in [1.29, 1.82) is 0 Å². The van der Waals surface area contributed by atoms with E-state index in [-0.39, 0.29) is 17.9 Å². The van der Waals surface area contributed by atoms with Crippen LogP contribution in [0.3, 0.4) is 0 Å². The Bertz CT molecular complexity index is 1610. The number of nitrogens with one attached hydrogen (secondary N) is 1. The number of fused-ring (bicyclic) bond motifs is 1. The lowest BCUT2D eigenvalue weighted by Crippen LogP contribution is -2.52. The topological polar surface area (TPSA) is 86.8 Å². The summed E-state index contributed by atoms with van der Waals surface area (Å²) >= 11 is 12.9. The summed E-state index contributed by atoms with van der Waals surface area (Å²) in [7, 11) is -1.20. The molecule has 0 saturated carbocycles. The van der Waals surface area contributed by atoms with Gasteiger partial charge in [0.05, 0.1) is 11.4 Å². The van der Waals surface area contributed by atoms with Crippen molar-refractivity contribution in [1.82, 2.24) is 14.5 Å². The van der Waals surface area contributed by atoms with Gasteiger partial charge in [-0.05, 0) is 40.6 Å². The summed E-state index contributed by atoms with van der Waals surface area (Å²) in [5.74, 6) is -0.979. The molecule has 0 radical (unpaired) electrons. The number of hydrogen-bond acceptors (Lipinski definition) is 4. The molecule has 4 aromatic carbocycles. The minimum atomic E-state index is -4.03. The van der Waals surface area contributed by atoms with Crippen LogP contribution in [0.1, 0.15) is 11.1 Å². The molecule has 1 N–H and O–H groups in total. The summed E-state index contributed by atoms with van der Waals surface area (Å²) < 4.78 is 28.0. The van der Waals surface area contributed by atoms with E-state index in [1.165, 1.54) is 25.1 Å². The van der Waals surface area contributed by atoms with Gasteiger partial charge in [-0.25, -0.2) is 8.42 Å². The maximum Gasteiger partial charge on any atom is 0.243 e. The first kappa shape index (κ1) is 29.6. The number of sulfonamides is 1. The van der Waals surface area contributed by atoms with Crippen molar-refractivity contribution in [3.8, 4) is 0 Å².